The number of aryl methyl sites for hydroxylation is 1. The quantitative estimate of drug-likeness (QED) is 0.926. The van der Waals surface area contributed by atoms with Crippen LogP contribution in [-0.4, -0.2) is 29.7 Å². The lowest BCUT2D eigenvalue weighted by Gasteiger charge is -2.29. The number of nitrogens with zero attached hydrogens (tertiary/aromatic N) is 2. The van der Waals surface area contributed by atoms with Crippen molar-refractivity contribution in [3.8, 4) is 6.07 Å². The summed E-state index contributed by atoms with van der Waals surface area (Å²) in [6, 6.07) is 6.70. The van der Waals surface area contributed by atoms with Gasteiger partial charge in [-0.1, -0.05) is 12.1 Å². The zero-order chi connectivity index (χ0) is 17.3. The minimum Gasteiger partial charge on any atom is -0.288 e. The summed E-state index contributed by atoms with van der Waals surface area (Å²) >= 11 is 0. The van der Waals surface area contributed by atoms with Crippen molar-refractivity contribution >= 4 is 5.91 Å². The van der Waals surface area contributed by atoms with Gasteiger partial charge in [-0.05, 0) is 44.4 Å². The predicted octanol–water partition coefficient (Wildman–Crippen LogP) is 2.79. The SMILES string of the molecule is CC1(C)CN(C(CCc2ccc(C#N)cc2)C(F)(F)F)NC1=O. The van der Waals surface area contributed by atoms with Crippen molar-refractivity contribution in [2.24, 2.45) is 5.41 Å². The number of amides is 1. The van der Waals surface area contributed by atoms with Gasteiger partial charge < -0.3 is 0 Å². The molecule has 1 heterocycles. The Morgan fingerprint density at radius 2 is 1.96 bits per heavy atom. The number of hydrogen-bond donors (Lipinski definition) is 1. The third kappa shape index (κ3) is 4.02. The van der Waals surface area contributed by atoms with Crippen LogP contribution in [0, 0.1) is 16.7 Å². The van der Waals surface area contributed by atoms with Crippen molar-refractivity contribution in [2.75, 3.05) is 6.54 Å². The number of carbonyl (C=O) groups is 1. The van der Waals surface area contributed by atoms with Crippen LogP contribution in [0.15, 0.2) is 24.3 Å². The fraction of sp³-hybridized carbons (Fsp3) is 0.500. The van der Waals surface area contributed by atoms with E-state index in [4.69, 9.17) is 5.26 Å². The summed E-state index contributed by atoms with van der Waals surface area (Å²) in [6.07, 6.45) is -4.38. The highest BCUT2D eigenvalue weighted by atomic mass is 19.4. The number of halogens is 3. The van der Waals surface area contributed by atoms with Crippen molar-refractivity contribution < 1.29 is 18.0 Å². The topological polar surface area (TPSA) is 56.1 Å². The van der Waals surface area contributed by atoms with Gasteiger partial charge in [0.05, 0.1) is 17.0 Å². The van der Waals surface area contributed by atoms with Crippen molar-refractivity contribution in [3.63, 3.8) is 0 Å². The molecule has 1 saturated heterocycles. The molecule has 1 aromatic carbocycles. The smallest absolute Gasteiger partial charge is 0.288 e. The van der Waals surface area contributed by atoms with Crippen LogP contribution in [-0.2, 0) is 11.2 Å². The van der Waals surface area contributed by atoms with Gasteiger partial charge in [0.2, 0.25) is 5.91 Å². The molecule has 7 heteroatoms. The highest BCUT2D eigenvalue weighted by molar-refractivity contribution is 5.83. The molecule has 1 N–H and O–H groups in total. The minimum atomic E-state index is -4.43. The minimum absolute atomic E-state index is 0.0172. The number of benzene rings is 1. The molecule has 0 radical (unpaired) electrons. The Labute approximate surface area is 132 Å². The normalized spacial score (nSPS) is 19.2. The van der Waals surface area contributed by atoms with Crippen LogP contribution in [0.25, 0.3) is 0 Å². The van der Waals surface area contributed by atoms with Crippen molar-refractivity contribution in [1.82, 2.24) is 10.4 Å². The number of nitrogens with one attached hydrogen (secondary N) is 1. The predicted molar refractivity (Wildman–Crippen MR) is 78.0 cm³/mol. The fourth-order valence-electron chi connectivity index (χ4n) is 2.55. The van der Waals surface area contributed by atoms with Gasteiger partial charge in [-0.25, -0.2) is 5.01 Å². The second-order valence-electron chi connectivity index (χ2n) is 6.36. The molecule has 1 aliphatic heterocycles. The van der Waals surface area contributed by atoms with Gasteiger partial charge in [0, 0.05) is 6.54 Å². The number of rotatable bonds is 4. The molecule has 0 aliphatic carbocycles. The lowest BCUT2D eigenvalue weighted by atomic mass is 9.94. The number of nitriles is 1. The van der Waals surface area contributed by atoms with Crippen LogP contribution < -0.4 is 5.43 Å². The maximum atomic E-state index is 13.3. The molecular weight excluding hydrogens is 307 g/mol. The van der Waals surface area contributed by atoms with E-state index in [9.17, 15) is 18.0 Å². The summed E-state index contributed by atoms with van der Waals surface area (Å²) < 4.78 is 40.0. The Morgan fingerprint density at radius 1 is 1.35 bits per heavy atom. The van der Waals surface area contributed by atoms with Crippen LogP contribution in [0.3, 0.4) is 0 Å². The molecule has 0 aromatic heterocycles. The third-order valence-electron chi connectivity index (χ3n) is 3.97. The van der Waals surface area contributed by atoms with E-state index in [0.29, 0.717) is 5.56 Å². The molecule has 4 nitrogen and oxygen atoms in total. The monoisotopic (exact) mass is 325 g/mol. The first-order valence-corrected chi connectivity index (χ1v) is 7.27. The Bertz CT molecular complexity index is 617. The lowest BCUT2D eigenvalue weighted by Crippen LogP contribution is -2.50. The molecule has 1 aliphatic rings. The standard InChI is InChI=1S/C16H18F3N3O/c1-15(2)10-22(21-14(15)23)13(16(17,18)19)8-7-11-3-5-12(9-20)6-4-11/h3-6,13H,7-8,10H2,1-2H3,(H,21,23). The molecule has 1 aromatic rings. The van der Waals surface area contributed by atoms with Gasteiger partial charge >= 0.3 is 6.18 Å². The second-order valence-corrected chi connectivity index (χ2v) is 6.36. The summed E-state index contributed by atoms with van der Waals surface area (Å²) in [6.45, 7) is 3.26. The number of alkyl halides is 3. The summed E-state index contributed by atoms with van der Waals surface area (Å²) in [5.41, 5.74) is 2.69. The van der Waals surface area contributed by atoms with E-state index in [0.717, 1.165) is 10.6 Å². The maximum Gasteiger partial charge on any atom is 0.405 e. The first kappa shape index (κ1) is 17.3. The third-order valence-corrected chi connectivity index (χ3v) is 3.97. The molecule has 0 saturated carbocycles. The van der Waals surface area contributed by atoms with Crippen LogP contribution in [0.2, 0.25) is 0 Å². The molecule has 0 bridgehead atoms. The summed E-state index contributed by atoms with van der Waals surface area (Å²) in [5, 5.41) is 9.72. The number of carbonyl (C=O) groups excluding carboxylic acids is 1. The van der Waals surface area contributed by atoms with E-state index >= 15 is 0 Å². The van der Waals surface area contributed by atoms with E-state index in [1.165, 1.54) is 0 Å². The van der Waals surface area contributed by atoms with E-state index < -0.39 is 23.5 Å². The Kier molecular flexibility index (Phi) is 4.66. The van der Waals surface area contributed by atoms with E-state index in [1.54, 1.807) is 38.1 Å². The van der Waals surface area contributed by atoms with Crippen molar-refractivity contribution in [3.05, 3.63) is 35.4 Å². The van der Waals surface area contributed by atoms with Crippen LogP contribution in [0.5, 0.6) is 0 Å². The average molecular weight is 325 g/mol. The number of hydrogen-bond acceptors (Lipinski definition) is 3. The molecule has 1 fully saturated rings. The van der Waals surface area contributed by atoms with E-state index in [-0.39, 0.29) is 19.4 Å². The number of hydrazine groups is 1. The van der Waals surface area contributed by atoms with Gasteiger partial charge in [0.15, 0.2) is 0 Å². The largest absolute Gasteiger partial charge is 0.405 e. The van der Waals surface area contributed by atoms with Crippen LogP contribution in [0.1, 0.15) is 31.4 Å². The summed E-state index contributed by atoms with van der Waals surface area (Å²) in [4.78, 5) is 11.7. The molecular formula is C16H18F3N3O. The highest BCUT2D eigenvalue weighted by Gasteiger charge is 2.49. The maximum absolute atomic E-state index is 13.3. The summed E-state index contributed by atoms with van der Waals surface area (Å²) in [5.74, 6) is -0.398. The Balaban J connectivity index is 2.08. The molecule has 124 valence electrons. The zero-order valence-electron chi connectivity index (χ0n) is 12.9. The average Bonchev–Trinajstić information content (AvgIpc) is 2.72. The Hall–Kier alpha value is -2.07. The molecule has 1 unspecified atom stereocenters. The second kappa shape index (κ2) is 6.20. The molecule has 23 heavy (non-hydrogen) atoms. The lowest BCUT2D eigenvalue weighted by molar-refractivity contribution is -0.190. The fourth-order valence-corrected chi connectivity index (χ4v) is 2.55. The first-order chi connectivity index (χ1) is 10.6. The summed E-state index contributed by atoms with van der Waals surface area (Å²) in [7, 11) is 0. The van der Waals surface area contributed by atoms with Gasteiger partial charge in [0.1, 0.15) is 6.04 Å². The molecule has 1 amide bonds. The highest BCUT2D eigenvalue weighted by Crippen LogP contribution is 2.33. The van der Waals surface area contributed by atoms with E-state index in [2.05, 4.69) is 5.43 Å². The molecule has 2 rings (SSSR count). The van der Waals surface area contributed by atoms with Crippen LogP contribution in [0.4, 0.5) is 13.2 Å². The molecule has 0 spiro atoms. The van der Waals surface area contributed by atoms with Gasteiger partial charge in [-0.2, -0.15) is 18.4 Å². The van der Waals surface area contributed by atoms with Gasteiger partial charge in [-0.15, -0.1) is 0 Å². The zero-order valence-corrected chi connectivity index (χ0v) is 12.9. The molecule has 1 atom stereocenters. The van der Waals surface area contributed by atoms with Crippen molar-refractivity contribution in [1.29, 1.82) is 5.26 Å². The van der Waals surface area contributed by atoms with E-state index in [1.807, 2.05) is 6.07 Å². The van der Waals surface area contributed by atoms with Crippen molar-refractivity contribution in [2.45, 2.75) is 38.9 Å². The van der Waals surface area contributed by atoms with Crippen LogP contribution >= 0.6 is 0 Å². The van der Waals surface area contributed by atoms with Gasteiger partial charge in [0.25, 0.3) is 0 Å². The Morgan fingerprint density at radius 3 is 2.39 bits per heavy atom. The van der Waals surface area contributed by atoms with Gasteiger partial charge in [-0.3, -0.25) is 10.2 Å². The first-order valence-electron chi connectivity index (χ1n) is 7.27.